The second-order valence-electron chi connectivity index (χ2n) is 6.90. The first-order chi connectivity index (χ1) is 12.8. The Kier molecular flexibility index (Phi) is 3.40. The summed E-state index contributed by atoms with van der Waals surface area (Å²) in [6.45, 7) is 2.26. The van der Waals surface area contributed by atoms with Crippen molar-refractivity contribution >= 4 is 28.8 Å². The molecule has 0 saturated carbocycles. The molecule has 1 aromatic heterocycles. The number of nitrogens with zero attached hydrogens (tertiary/aromatic N) is 1. The molecular weight excluding hydrogens is 330 g/mol. The minimum absolute atomic E-state index is 1.30. The molecule has 2 heteroatoms. The fourth-order valence-corrected chi connectivity index (χ4v) is 10.0. The van der Waals surface area contributed by atoms with E-state index in [1.54, 1.807) is 0 Å². The lowest BCUT2D eigenvalue weighted by Gasteiger charge is -2.32. The third-order valence-electron chi connectivity index (χ3n) is 5.58. The molecule has 3 aromatic carbocycles. The maximum atomic E-state index is 4.46. The van der Waals surface area contributed by atoms with E-state index in [2.05, 4.69) is 96.8 Å². The largest absolute Gasteiger partial charge is 0.264 e. The van der Waals surface area contributed by atoms with Crippen LogP contribution < -0.4 is 20.7 Å². The summed E-state index contributed by atoms with van der Waals surface area (Å²) in [6.07, 6.45) is 4.00. The Morgan fingerprint density at radius 1 is 0.654 bits per heavy atom. The molecule has 0 saturated heterocycles. The van der Waals surface area contributed by atoms with Crippen LogP contribution in [-0.4, -0.2) is 13.1 Å². The fraction of sp³-hybridized carbons (Fsp3) is 0.0417. The Morgan fingerprint density at radius 2 is 1.31 bits per heavy atom. The van der Waals surface area contributed by atoms with Crippen LogP contribution in [0.3, 0.4) is 0 Å². The van der Waals surface area contributed by atoms with Gasteiger partial charge in [0.05, 0.1) is 0 Å². The first-order valence-electron chi connectivity index (χ1n) is 8.99. The van der Waals surface area contributed by atoms with E-state index in [0.717, 1.165) is 0 Å². The Labute approximate surface area is 155 Å². The van der Waals surface area contributed by atoms with Crippen molar-refractivity contribution in [2.75, 3.05) is 0 Å². The minimum atomic E-state index is -2.31. The SMILES string of the molecule is Cc1cccc2c1[Si](c1ccccc1)(c1ccccc1)c1ccncc1-2. The Balaban J connectivity index is 2.01. The van der Waals surface area contributed by atoms with Crippen molar-refractivity contribution < 1.29 is 0 Å². The van der Waals surface area contributed by atoms with Crippen LogP contribution in [0.15, 0.2) is 97.3 Å². The molecule has 1 aliphatic rings. The molecule has 26 heavy (non-hydrogen) atoms. The zero-order chi connectivity index (χ0) is 17.6. The summed E-state index contributed by atoms with van der Waals surface area (Å²) in [5.41, 5.74) is 4.02. The number of rotatable bonds is 2. The van der Waals surface area contributed by atoms with Crippen LogP contribution in [0, 0.1) is 6.92 Å². The molecule has 0 amide bonds. The van der Waals surface area contributed by atoms with Crippen molar-refractivity contribution in [1.29, 1.82) is 0 Å². The molecule has 2 heterocycles. The van der Waals surface area contributed by atoms with E-state index in [1.165, 1.54) is 37.4 Å². The number of pyridine rings is 1. The number of hydrogen-bond acceptors (Lipinski definition) is 1. The lowest BCUT2D eigenvalue weighted by molar-refractivity contribution is 1.34. The molecule has 0 fully saturated rings. The van der Waals surface area contributed by atoms with Crippen molar-refractivity contribution in [1.82, 2.24) is 4.98 Å². The molecule has 0 radical (unpaired) electrons. The summed E-state index contributed by atoms with van der Waals surface area (Å²) in [5, 5.41) is 5.84. The van der Waals surface area contributed by atoms with Crippen molar-refractivity contribution in [2.45, 2.75) is 6.92 Å². The highest BCUT2D eigenvalue weighted by Crippen LogP contribution is 2.29. The van der Waals surface area contributed by atoms with E-state index in [4.69, 9.17) is 0 Å². The van der Waals surface area contributed by atoms with Crippen molar-refractivity contribution in [2.24, 2.45) is 0 Å². The zero-order valence-electron chi connectivity index (χ0n) is 14.7. The number of hydrogen-bond donors (Lipinski definition) is 0. The third-order valence-corrected chi connectivity index (χ3v) is 10.6. The van der Waals surface area contributed by atoms with Gasteiger partial charge in [0.1, 0.15) is 0 Å². The molecule has 0 unspecified atom stereocenters. The van der Waals surface area contributed by atoms with Crippen molar-refractivity contribution in [3.05, 3.63) is 103 Å². The van der Waals surface area contributed by atoms with Crippen LogP contribution in [0.5, 0.6) is 0 Å². The molecule has 1 nitrogen and oxygen atoms in total. The average molecular weight is 350 g/mol. The van der Waals surface area contributed by atoms with Gasteiger partial charge in [0.15, 0.2) is 8.07 Å². The van der Waals surface area contributed by atoms with Gasteiger partial charge in [0.25, 0.3) is 0 Å². The second-order valence-corrected chi connectivity index (χ2v) is 10.6. The summed E-state index contributed by atoms with van der Waals surface area (Å²) < 4.78 is 0. The monoisotopic (exact) mass is 349 g/mol. The topological polar surface area (TPSA) is 12.9 Å². The van der Waals surface area contributed by atoms with Gasteiger partial charge in [-0.15, -0.1) is 0 Å². The number of aromatic nitrogens is 1. The maximum Gasteiger partial charge on any atom is 0.181 e. The van der Waals surface area contributed by atoms with Crippen molar-refractivity contribution in [3.8, 4) is 11.1 Å². The molecule has 0 aliphatic carbocycles. The van der Waals surface area contributed by atoms with Gasteiger partial charge in [-0.2, -0.15) is 0 Å². The molecule has 0 atom stereocenters. The summed E-state index contributed by atoms with van der Waals surface area (Å²) in [6, 6.07) is 31.1. The van der Waals surface area contributed by atoms with Crippen LogP contribution in [0.4, 0.5) is 0 Å². The lowest BCUT2D eigenvalue weighted by Crippen LogP contribution is -2.73. The summed E-state index contributed by atoms with van der Waals surface area (Å²) in [7, 11) is -2.31. The lowest BCUT2D eigenvalue weighted by atomic mass is 10.1. The Morgan fingerprint density at radius 3 is 1.96 bits per heavy atom. The normalized spacial score (nSPS) is 13.9. The van der Waals surface area contributed by atoms with Gasteiger partial charge in [-0.25, -0.2) is 0 Å². The van der Waals surface area contributed by atoms with Gasteiger partial charge in [-0.3, -0.25) is 4.98 Å². The van der Waals surface area contributed by atoms with E-state index < -0.39 is 8.07 Å². The quantitative estimate of drug-likeness (QED) is 0.447. The molecule has 1 aliphatic heterocycles. The van der Waals surface area contributed by atoms with Crippen LogP contribution in [0.1, 0.15) is 5.56 Å². The van der Waals surface area contributed by atoms with Crippen molar-refractivity contribution in [3.63, 3.8) is 0 Å². The van der Waals surface area contributed by atoms with Gasteiger partial charge in [0.2, 0.25) is 0 Å². The van der Waals surface area contributed by atoms with Crippen LogP contribution >= 0.6 is 0 Å². The minimum Gasteiger partial charge on any atom is -0.264 e. The predicted molar refractivity (Wildman–Crippen MR) is 112 cm³/mol. The summed E-state index contributed by atoms with van der Waals surface area (Å²) in [5.74, 6) is 0. The van der Waals surface area contributed by atoms with Gasteiger partial charge >= 0.3 is 0 Å². The van der Waals surface area contributed by atoms with Crippen LogP contribution in [0.25, 0.3) is 11.1 Å². The highest BCUT2D eigenvalue weighted by atomic mass is 28.3. The highest BCUT2D eigenvalue weighted by molar-refractivity contribution is 7.22. The number of benzene rings is 3. The van der Waals surface area contributed by atoms with E-state index >= 15 is 0 Å². The van der Waals surface area contributed by atoms with Gasteiger partial charge in [0, 0.05) is 18.0 Å². The smallest absolute Gasteiger partial charge is 0.181 e. The first-order valence-corrected chi connectivity index (χ1v) is 11.0. The molecule has 0 bridgehead atoms. The zero-order valence-corrected chi connectivity index (χ0v) is 15.7. The molecular formula is C24H19NSi. The van der Waals surface area contributed by atoms with Gasteiger partial charge < -0.3 is 0 Å². The first kappa shape index (κ1) is 15.3. The Hall–Kier alpha value is -2.97. The van der Waals surface area contributed by atoms with E-state index in [9.17, 15) is 0 Å². The summed E-state index contributed by atoms with van der Waals surface area (Å²) in [4.78, 5) is 4.46. The van der Waals surface area contributed by atoms with Crippen LogP contribution in [0.2, 0.25) is 0 Å². The van der Waals surface area contributed by atoms with E-state index in [-0.39, 0.29) is 0 Å². The fourth-order valence-electron chi connectivity index (χ4n) is 4.60. The number of aryl methyl sites for hydroxylation is 1. The molecule has 124 valence electrons. The molecule has 5 rings (SSSR count). The Bertz CT molecular complexity index is 1050. The highest BCUT2D eigenvalue weighted by Gasteiger charge is 2.49. The van der Waals surface area contributed by atoms with Gasteiger partial charge in [-0.05, 0) is 39.3 Å². The number of fused-ring (bicyclic) bond motifs is 3. The average Bonchev–Trinajstić information content (AvgIpc) is 3.02. The standard InChI is InChI=1S/C24H19NSi/c1-18-9-8-14-21-22-17-25-16-15-23(22)26(24(18)21,19-10-4-2-5-11-19)20-12-6-3-7-13-20/h2-17H,1H3. The second kappa shape index (κ2) is 5.79. The predicted octanol–water partition coefficient (Wildman–Crippen LogP) is 2.75. The van der Waals surface area contributed by atoms with E-state index in [0.29, 0.717) is 0 Å². The van der Waals surface area contributed by atoms with E-state index in [1.807, 2.05) is 12.4 Å². The maximum absolute atomic E-state index is 4.46. The third kappa shape index (κ3) is 1.93. The van der Waals surface area contributed by atoms with Gasteiger partial charge in [-0.1, -0.05) is 84.4 Å². The molecule has 0 spiro atoms. The van der Waals surface area contributed by atoms with Crippen LogP contribution in [-0.2, 0) is 0 Å². The molecule has 4 aromatic rings. The summed E-state index contributed by atoms with van der Waals surface area (Å²) >= 11 is 0. The molecule has 0 N–H and O–H groups in total.